The molecule has 0 radical (unpaired) electrons. The van der Waals surface area contributed by atoms with Crippen LogP contribution in [0.15, 0.2) is 59.6 Å². The number of carbonyl (C=O) groups is 1. The molecule has 0 saturated heterocycles. The van der Waals surface area contributed by atoms with E-state index in [-0.39, 0.29) is 5.91 Å². The molecule has 4 nitrogen and oxygen atoms in total. The standard InChI is InChI=1S/C20H17BrN2O2/c1-3-10-23-17-9-8-13(21)11-15(17)20(25,19(23)24)18-12(2)22-16-7-5-4-6-14(16)18/h3-9,11,22,25H,1,10H2,2H3. The van der Waals surface area contributed by atoms with Gasteiger partial charge >= 0.3 is 0 Å². The summed E-state index contributed by atoms with van der Waals surface area (Å²) in [7, 11) is 0. The first-order valence-electron chi connectivity index (χ1n) is 8.01. The van der Waals surface area contributed by atoms with E-state index in [1.807, 2.05) is 49.4 Å². The van der Waals surface area contributed by atoms with Crippen LogP contribution in [0.1, 0.15) is 16.8 Å². The van der Waals surface area contributed by atoms with Crippen LogP contribution in [0.3, 0.4) is 0 Å². The summed E-state index contributed by atoms with van der Waals surface area (Å²) < 4.78 is 0.815. The number of rotatable bonds is 3. The Kier molecular flexibility index (Phi) is 3.60. The van der Waals surface area contributed by atoms with Gasteiger partial charge in [-0.15, -0.1) is 6.58 Å². The minimum atomic E-state index is -1.73. The molecule has 0 aliphatic carbocycles. The van der Waals surface area contributed by atoms with Crippen LogP contribution in [-0.2, 0) is 10.4 Å². The molecule has 5 heteroatoms. The van der Waals surface area contributed by atoms with Crippen molar-refractivity contribution >= 4 is 38.4 Å². The molecule has 25 heavy (non-hydrogen) atoms. The first-order valence-corrected chi connectivity index (χ1v) is 8.81. The number of halogens is 1. The number of carbonyl (C=O) groups excluding carboxylic acids is 1. The van der Waals surface area contributed by atoms with Crippen molar-refractivity contribution in [2.75, 3.05) is 11.4 Å². The number of amides is 1. The van der Waals surface area contributed by atoms with Gasteiger partial charge in [0.25, 0.3) is 5.91 Å². The third kappa shape index (κ3) is 2.12. The van der Waals surface area contributed by atoms with Crippen LogP contribution >= 0.6 is 15.9 Å². The molecule has 1 aliphatic heterocycles. The van der Waals surface area contributed by atoms with Crippen molar-refractivity contribution in [3.05, 3.63) is 76.4 Å². The van der Waals surface area contributed by atoms with Crippen LogP contribution in [-0.4, -0.2) is 22.5 Å². The molecule has 126 valence electrons. The number of aromatic amines is 1. The van der Waals surface area contributed by atoms with Crippen LogP contribution in [0, 0.1) is 6.92 Å². The Morgan fingerprint density at radius 2 is 2.08 bits per heavy atom. The lowest BCUT2D eigenvalue weighted by atomic mass is 9.85. The Hall–Kier alpha value is -2.37. The third-order valence-corrected chi connectivity index (χ3v) is 5.25. The van der Waals surface area contributed by atoms with E-state index < -0.39 is 5.60 Å². The summed E-state index contributed by atoms with van der Waals surface area (Å²) in [4.78, 5) is 18.1. The van der Waals surface area contributed by atoms with Crippen LogP contribution in [0.2, 0.25) is 0 Å². The zero-order valence-corrected chi connectivity index (χ0v) is 15.3. The van der Waals surface area contributed by atoms with E-state index in [9.17, 15) is 9.90 Å². The summed E-state index contributed by atoms with van der Waals surface area (Å²) in [5.41, 5.74) is 1.85. The molecule has 0 fully saturated rings. The Morgan fingerprint density at radius 3 is 2.84 bits per heavy atom. The molecule has 1 aromatic heterocycles. The molecule has 1 aliphatic rings. The van der Waals surface area contributed by atoms with Crippen LogP contribution in [0.4, 0.5) is 5.69 Å². The van der Waals surface area contributed by atoms with Gasteiger partial charge in [0.05, 0.1) is 5.69 Å². The van der Waals surface area contributed by atoms with Crippen molar-refractivity contribution in [3.63, 3.8) is 0 Å². The van der Waals surface area contributed by atoms with E-state index in [0.717, 1.165) is 21.1 Å². The fourth-order valence-corrected chi connectivity index (χ4v) is 4.11. The van der Waals surface area contributed by atoms with Gasteiger partial charge in [-0.1, -0.05) is 40.2 Å². The molecule has 0 bridgehead atoms. The second kappa shape index (κ2) is 5.58. The Morgan fingerprint density at radius 1 is 1.32 bits per heavy atom. The van der Waals surface area contributed by atoms with Gasteiger partial charge in [0, 0.05) is 38.7 Å². The summed E-state index contributed by atoms with van der Waals surface area (Å²) in [6, 6.07) is 13.2. The van der Waals surface area contributed by atoms with E-state index >= 15 is 0 Å². The number of aryl methyl sites for hydroxylation is 1. The predicted octanol–water partition coefficient (Wildman–Crippen LogP) is 4.01. The topological polar surface area (TPSA) is 56.3 Å². The largest absolute Gasteiger partial charge is 0.372 e. The van der Waals surface area contributed by atoms with Crippen LogP contribution < -0.4 is 4.90 Å². The molecular weight excluding hydrogens is 380 g/mol. The summed E-state index contributed by atoms with van der Waals surface area (Å²) >= 11 is 3.46. The van der Waals surface area contributed by atoms with Gasteiger partial charge in [-0.05, 0) is 31.2 Å². The third-order valence-electron chi connectivity index (χ3n) is 4.76. The van der Waals surface area contributed by atoms with E-state index in [0.29, 0.717) is 23.4 Å². The van der Waals surface area contributed by atoms with Crippen LogP contribution in [0.25, 0.3) is 10.9 Å². The molecule has 4 rings (SSSR count). The van der Waals surface area contributed by atoms with Crippen molar-refractivity contribution in [2.24, 2.45) is 0 Å². The molecule has 2 N–H and O–H groups in total. The first-order chi connectivity index (χ1) is 12.0. The van der Waals surface area contributed by atoms with Crippen molar-refractivity contribution in [1.82, 2.24) is 4.98 Å². The highest BCUT2D eigenvalue weighted by molar-refractivity contribution is 9.10. The fourth-order valence-electron chi connectivity index (χ4n) is 3.75. The Labute approximate surface area is 153 Å². The molecule has 3 aromatic rings. The van der Waals surface area contributed by atoms with E-state index in [1.165, 1.54) is 0 Å². The minimum Gasteiger partial charge on any atom is -0.372 e. The van der Waals surface area contributed by atoms with Gasteiger partial charge in [0.2, 0.25) is 0 Å². The van der Waals surface area contributed by atoms with Crippen molar-refractivity contribution in [2.45, 2.75) is 12.5 Å². The maximum atomic E-state index is 13.3. The highest BCUT2D eigenvalue weighted by Crippen LogP contribution is 2.48. The molecule has 2 heterocycles. The molecule has 1 amide bonds. The van der Waals surface area contributed by atoms with Gasteiger partial charge in [-0.25, -0.2) is 0 Å². The first kappa shape index (κ1) is 16.1. The summed E-state index contributed by atoms with van der Waals surface area (Å²) in [5.74, 6) is -0.353. The highest BCUT2D eigenvalue weighted by atomic mass is 79.9. The highest BCUT2D eigenvalue weighted by Gasteiger charge is 2.52. The van der Waals surface area contributed by atoms with Crippen molar-refractivity contribution in [1.29, 1.82) is 0 Å². The number of nitrogens with zero attached hydrogens (tertiary/aromatic N) is 1. The van der Waals surface area contributed by atoms with E-state index in [4.69, 9.17) is 0 Å². The zero-order valence-electron chi connectivity index (χ0n) is 13.7. The summed E-state index contributed by atoms with van der Waals surface area (Å²) in [5, 5.41) is 12.6. The number of fused-ring (bicyclic) bond motifs is 2. The number of para-hydroxylation sites is 1. The van der Waals surface area contributed by atoms with E-state index in [2.05, 4.69) is 27.5 Å². The lowest BCUT2D eigenvalue weighted by molar-refractivity contribution is -0.132. The van der Waals surface area contributed by atoms with Gasteiger partial charge in [0.1, 0.15) is 0 Å². The fraction of sp³-hybridized carbons (Fsp3) is 0.150. The van der Waals surface area contributed by atoms with Gasteiger partial charge in [0.15, 0.2) is 5.60 Å². The molecule has 0 saturated carbocycles. The SMILES string of the molecule is C=CCN1C(=O)C(O)(c2c(C)[nH]c3ccccc23)c2cc(Br)ccc21. The lowest BCUT2D eigenvalue weighted by Crippen LogP contribution is -2.41. The number of aliphatic hydroxyl groups is 1. The molecule has 0 spiro atoms. The van der Waals surface area contributed by atoms with Gasteiger partial charge in [-0.2, -0.15) is 0 Å². The quantitative estimate of drug-likeness (QED) is 0.657. The maximum Gasteiger partial charge on any atom is 0.268 e. The number of aromatic nitrogens is 1. The Bertz CT molecular complexity index is 1020. The minimum absolute atomic E-state index is 0.344. The second-order valence-corrected chi connectivity index (χ2v) is 7.16. The molecular formula is C20H17BrN2O2. The number of nitrogens with one attached hydrogen (secondary N) is 1. The van der Waals surface area contributed by atoms with Crippen molar-refractivity contribution < 1.29 is 9.90 Å². The predicted molar refractivity (Wildman–Crippen MR) is 103 cm³/mol. The number of hydrogen-bond donors (Lipinski definition) is 2. The molecule has 1 atom stereocenters. The molecule has 2 aromatic carbocycles. The second-order valence-electron chi connectivity index (χ2n) is 6.25. The van der Waals surface area contributed by atoms with Gasteiger partial charge < -0.3 is 15.0 Å². The number of hydrogen-bond acceptors (Lipinski definition) is 2. The lowest BCUT2D eigenvalue weighted by Gasteiger charge is -2.23. The smallest absolute Gasteiger partial charge is 0.268 e. The number of benzene rings is 2. The van der Waals surface area contributed by atoms with Crippen LogP contribution in [0.5, 0.6) is 0 Å². The normalized spacial score (nSPS) is 19.5. The Balaban J connectivity index is 2.06. The van der Waals surface area contributed by atoms with Crippen molar-refractivity contribution in [3.8, 4) is 0 Å². The summed E-state index contributed by atoms with van der Waals surface area (Å²) in [6.07, 6.45) is 1.66. The maximum absolute atomic E-state index is 13.3. The van der Waals surface area contributed by atoms with E-state index in [1.54, 1.807) is 11.0 Å². The number of H-pyrrole nitrogens is 1. The molecule has 1 unspecified atom stereocenters. The number of anilines is 1. The average molecular weight is 397 g/mol. The zero-order chi connectivity index (χ0) is 17.8. The summed E-state index contributed by atoms with van der Waals surface area (Å²) in [6.45, 7) is 5.96. The average Bonchev–Trinajstić information content (AvgIpc) is 3.03. The van der Waals surface area contributed by atoms with Gasteiger partial charge in [-0.3, -0.25) is 4.79 Å². The monoisotopic (exact) mass is 396 g/mol.